The summed E-state index contributed by atoms with van der Waals surface area (Å²) in [5.41, 5.74) is 5.91. The van der Waals surface area contributed by atoms with E-state index in [9.17, 15) is 4.79 Å². The van der Waals surface area contributed by atoms with Gasteiger partial charge in [0.1, 0.15) is 11.6 Å². The number of aromatic nitrogens is 2. The van der Waals surface area contributed by atoms with Crippen LogP contribution < -0.4 is 16.2 Å². The number of aromatic amines is 1. The van der Waals surface area contributed by atoms with Crippen molar-refractivity contribution in [2.24, 2.45) is 11.7 Å². The second-order valence-corrected chi connectivity index (χ2v) is 5.02. The van der Waals surface area contributed by atoms with Crippen molar-refractivity contribution in [2.75, 3.05) is 18.5 Å². The lowest BCUT2D eigenvalue weighted by molar-refractivity contribution is 0.465. The van der Waals surface area contributed by atoms with E-state index in [2.05, 4.69) is 23.8 Å². The molecule has 0 amide bonds. The Balaban J connectivity index is 2.69. The maximum Gasteiger partial charge on any atom is 0.252 e. The fraction of sp³-hybridized carbons (Fsp3) is 0.692. The third-order valence-corrected chi connectivity index (χ3v) is 3.16. The zero-order valence-electron chi connectivity index (χ0n) is 11.7. The first-order chi connectivity index (χ1) is 8.43. The molecule has 1 rings (SSSR count). The highest BCUT2D eigenvalue weighted by molar-refractivity contribution is 5.36. The molecule has 0 aliphatic carbocycles. The van der Waals surface area contributed by atoms with Crippen LogP contribution in [-0.4, -0.2) is 29.6 Å². The van der Waals surface area contributed by atoms with E-state index in [-0.39, 0.29) is 11.6 Å². The van der Waals surface area contributed by atoms with Crippen molar-refractivity contribution < 1.29 is 0 Å². The van der Waals surface area contributed by atoms with Crippen LogP contribution in [0.1, 0.15) is 33.0 Å². The molecule has 102 valence electrons. The maximum absolute atomic E-state index is 11.5. The molecule has 1 atom stereocenters. The SMILES string of the molecule is CCc1nc(N(C)CCC(N)C(C)C)cc(=O)[nH]1. The van der Waals surface area contributed by atoms with Gasteiger partial charge >= 0.3 is 0 Å². The molecule has 0 radical (unpaired) electrons. The van der Waals surface area contributed by atoms with E-state index in [1.807, 2.05) is 18.9 Å². The zero-order chi connectivity index (χ0) is 13.7. The molecule has 18 heavy (non-hydrogen) atoms. The Hall–Kier alpha value is -1.36. The van der Waals surface area contributed by atoms with Crippen molar-refractivity contribution in [3.05, 3.63) is 22.2 Å². The van der Waals surface area contributed by atoms with Crippen LogP contribution in [-0.2, 0) is 6.42 Å². The first-order valence-electron chi connectivity index (χ1n) is 6.51. The predicted molar refractivity (Wildman–Crippen MR) is 74.9 cm³/mol. The molecule has 0 saturated heterocycles. The molecular weight excluding hydrogens is 228 g/mol. The number of anilines is 1. The van der Waals surface area contributed by atoms with Crippen LogP contribution >= 0.6 is 0 Å². The number of hydrogen-bond donors (Lipinski definition) is 2. The van der Waals surface area contributed by atoms with Crippen LogP contribution in [0.3, 0.4) is 0 Å². The molecule has 1 aromatic heterocycles. The van der Waals surface area contributed by atoms with Crippen molar-refractivity contribution in [3.63, 3.8) is 0 Å². The summed E-state index contributed by atoms with van der Waals surface area (Å²) in [6.45, 7) is 7.01. The highest BCUT2D eigenvalue weighted by atomic mass is 16.1. The van der Waals surface area contributed by atoms with E-state index in [0.717, 1.165) is 25.2 Å². The third-order valence-electron chi connectivity index (χ3n) is 3.16. The summed E-state index contributed by atoms with van der Waals surface area (Å²) in [5.74, 6) is 1.90. The topological polar surface area (TPSA) is 75.0 Å². The van der Waals surface area contributed by atoms with Gasteiger partial charge in [0.25, 0.3) is 5.56 Å². The molecule has 0 spiro atoms. The number of hydrogen-bond acceptors (Lipinski definition) is 4. The van der Waals surface area contributed by atoms with E-state index in [4.69, 9.17) is 5.73 Å². The average Bonchev–Trinajstić information content (AvgIpc) is 2.34. The van der Waals surface area contributed by atoms with E-state index in [1.165, 1.54) is 6.07 Å². The Bertz CT molecular complexity index is 427. The first-order valence-corrected chi connectivity index (χ1v) is 6.51. The first kappa shape index (κ1) is 14.7. The smallest absolute Gasteiger partial charge is 0.252 e. The largest absolute Gasteiger partial charge is 0.359 e. The monoisotopic (exact) mass is 252 g/mol. The molecule has 0 bridgehead atoms. The number of H-pyrrole nitrogens is 1. The minimum Gasteiger partial charge on any atom is -0.359 e. The maximum atomic E-state index is 11.5. The van der Waals surface area contributed by atoms with E-state index in [0.29, 0.717) is 11.7 Å². The highest BCUT2D eigenvalue weighted by Gasteiger charge is 2.10. The molecule has 5 heteroatoms. The summed E-state index contributed by atoms with van der Waals surface area (Å²) in [6, 6.07) is 1.71. The molecule has 3 N–H and O–H groups in total. The van der Waals surface area contributed by atoms with E-state index < -0.39 is 0 Å². The summed E-state index contributed by atoms with van der Waals surface area (Å²) in [6.07, 6.45) is 1.62. The van der Waals surface area contributed by atoms with Gasteiger partial charge in [0.05, 0.1) is 0 Å². The van der Waals surface area contributed by atoms with Crippen molar-refractivity contribution in [2.45, 2.75) is 39.7 Å². The summed E-state index contributed by atoms with van der Waals surface area (Å²) >= 11 is 0. The van der Waals surface area contributed by atoms with Gasteiger partial charge in [-0.2, -0.15) is 0 Å². The molecule has 0 saturated carbocycles. The molecule has 1 heterocycles. The molecule has 0 aliphatic heterocycles. The normalized spacial score (nSPS) is 12.8. The van der Waals surface area contributed by atoms with Crippen molar-refractivity contribution in [1.29, 1.82) is 0 Å². The Morgan fingerprint density at radius 3 is 2.72 bits per heavy atom. The van der Waals surface area contributed by atoms with Crippen molar-refractivity contribution in [1.82, 2.24) is 9.97 Å². The number of nitrogens with one attached hydrogen (secondary N) is 1. The number of nitrogens with zero attached hydrogens (tertiary/aromatic N) is 2. The second-order valence-electron chi connectivity index (χ2n) is 5.02. The number of aryl methyl sites for hydroxylation is 1. The minimum atomic E-state index is -0.100. The lowest BCUT2D eigenvalue weighted by Crippen LogP contribution is -2.32. The number of nitrogens with two attached hydrogens (primary N) is 1. The van der Waals surface area contributed by atoms with Gasteiger partial charge in [0.2, 0.25) is 0 Å². The van der Waals surface area contributed by atoms with Crippen molar-refractivity contribution >= 4 is 5.82 Å². The van der Waals surface area contributed by atoms with Gasteiger partial charge < -0.3 is 15.6 Å². The molecule has 1 unspecified atom stereocenters. The molecule has 5 nitrogen and oxygen atoms in total. The highest BCUT2D eigenvalue weighted by Crippen LogP contribution is 2.09. The molecule has 0 fully saturated rings. The Labute approximate surface area is 108 Å². The van der Waals surface area contributed by atoms with Gasteiger partial charge in [-0.15, -0.1) is 0 Å². The standard InChI is InChI=1S/C13H24N4O/c1-5-11-15-12(8-13(18)16-11)17(4)7-6-10(14)9(2)3/h8-10H,5-7,14H2,1-4H3,(H,15,16,18). The quantitative estimate of drug-likeness (QED) is 0.796. The second kappa shape index (κ2) is 6.54. The van der Waals surface area contributed by atoms with Gasteiger partial charge in [-0.1, -0.05) is 20.8 Å². The summed E-state index contributed by atoms with van der Waals surface area (Å²) in [7, 11) is 1.94. The molecule has 0 aromatic carbocycles. The van der Waals surface area contributed by atoms with Crippen LogP contribution in [0.15, 0.2) is 10.9 Å². The van der Waals surface area contributed by atoms with Crippen LogP contribution in [0.5, 0.6) is 0 Å². The fourth-order valence-corrected chi connectivity index (χ4v) is 1.65. The van der Waals surface area contributed by atoms with E-state index >= 15 is 0 Å². The predicted octanol–water partition coefficient (Wildman–Crippen LogP) is 1.14. The van der Waals surface area contributed by atoms with Gasteiger partial charge in [-0.25, -0.2) is 4.98 Å². The van der Waals surface area contributed by atoms with Crippen LogP contribution in [0.4, 0.5) is 5.82 Å². The summed E-state index contributed by atoms with van der Waals surface area (Å²) in [4.78, 5) is 20.6. The van der Waals surface area contributed by atoms with Crippen LogP contribution in [0.25, 0.3) is 0 Å². The zero-order valence-corrected chi connectivity index (χ0v) is 11.7. The third kappa shape index (κ3) is 4.14. The summed E-state index contributed by atoms with van der Waals surface area (Å²) < 4.78 is 0. The van der Waals surface area contributed by atoms with E-state index in [1.54, 1.807) is 0 Å². The minimum absolute atomic E-state index is 0.100. The van der Waals surface area contributed by atoms with Crippen LogP contribution in [0.2, 0.25) is 0 Å². The molecule has 1 aromatic rings. The van der Waals surface area contributed by atoms with Gasteiger partial charge in [-0.05, 0) is 12.3 Å². The van der Waals surface area contributed by atoms with Gasteiger partial charge in [0.15, 0.2) is 0 Å². The Kier molecular flexibility index (Phi) is 5.34. The lowest BCUT2D eigenvalue weighted by Gasteiger charge is -2.22. The van der Waals surface area contributed by atoms with Crippen molar-refractivity contribution in [3.8, 4) is 0 Å². The average molecular weight is 252 g/mol. The summed E-state index contributed by atoms with van der Waals surface area (Å²) in [5, 5.41) is 0. The van der Waals surface area contributed by atoms with Crippen LogP contribution in [0, 0.1) is 5.92 Å². The molecular formula is C13H24N4O. The Morgan fingerprint density at radius 2 is 2.17 bits per heavy atom. The van der Waals surface area contributed by atoms with Gasteiger partial charge in [-0.3, -0.25) is 4.79 Å². The fourth-order valence-electron chi connectivity index (χ4n) is 1.65. The lowest BCUT2D eigenvalue weighted by atomic mass is 10.0. The molecule has 0 aliphatic rings. The number of rotatable bonds is 6. The Morgan fingerprint density at radius 1 is 1.50 bits per heavy atom. The van der Waals surface area contributed by atoms with Gasteiger partial charge in [0, 0.05) is 32.1 Å².